The van der Waals surface area contributed by atoms with Crippen LogP contribution in [0, 0.1) is 5.92 Å². The second kappa shape index (κ2) is 4.12. The molecule has 0 aliphatic carbocycles. The lowest BCUT2D eigenvalue weighted by Gasteiger charge is -2.19. The summed E-state index contributed by atoms with van der Waals surface area (Å²) in [4.78, 5) is 22.9. The molecule has 1 fully saturated rings. The second-order valence-electron chi connectivity index (χ2n) is 4.97. The highest BCUT2D eigenvalue weighted by atomic mass is 16.2. The Kier molecular flexibility index (Phi) is 2.57. The number of hydrogen-bond acceptors (Lipinski definition) is 5. The molecule has 0 spiro atoms. The van der Waals surface area contributed by atoms with Crippen LogP contribution in [0.5, 0.6) is 0 Å². The van der Waals surface area contributed by atoms with Crippen LogP contribution in [-0.4, -0.2) is 36.0 Å². The molecule has 1 atom stereocenters. The molecule has 0 saturated carbocycles. The molecule has 1 unspecified atom stereocenters. The number of hydrogen-bond donors (Lipinski definition) is 2. The molecular formula is C12H17N5O. The molecule has 3 heterocycles. The van der Waals surface area contributed by atoms with Gasteiger partial charge in [-0.05, 0) is 12.3 Å². The van der Waals surface area contributed by atoms with Crippen LogP contribution in [0.1, 0.15) is 29.4 Å². The summed E-state index contributed by atoms with van der Waals surface area (Å²) < 4.78 is 0. The van der Waals surface area contributed by atoms with Gasteiger partial charge in [-0.15, -0.1) is 0 Å². The maximum absolute atomic E-state index is 11.9. The van der Waals surface area contributed by atoms with Gasteiger partial charge < -0.3 is 15.5 Å². The zero-order valence-electron chi connectivity index (χ0n) is 10.7. The van der Waals surface area contributed by atoms with Crippen LogP contribution >= 0.6 is 0 Å². The number of fused-ring (bicyclic) bond motifs is 1. The van der Waals surface area contributed by atoms with Crippen molar-refractivity contribution in [2.75, 3.05) is 30.4 Å². The molecule has 2 aliphatic heterocycles. The van der Waals surface area contributed by atoms with E-state index in [1.165, 1.54) is 0 Å². The summed E-state index contributed by atoms with van der Waals surface area (Å²) in [5.74, 6) is 1.96. The number of aromatic nitrogens is 2. The Balaban J connectivity index is 2.07. The molecular weight excluding hydrogens is 230 g/mol. The van der Waals surface area contributed by atoms with E-state index in [4.69, 9.17) is 0 Å². The minimum Gasteiger partial charge on any atom is -0.357 e. The summed E-state index contributed by atoms with van der Waals surface area (Å²) in [6.45, 7) is 4.64. The molecule has 18 heavy (non-hydrogen) atoms. The van der Waals surface area contributed by atoms with Crippen molar-refractivity contribution in [2.45, 2.75) is 19.9 Å². The van der Waals surface area contributed by atoms with Gasteiger partial charge in [0.2, 0.25) is 5.95 Å². The third kappa shape index (κ3) is 1.68. The van der Waals surface area contributed by atoms with Crippen LogP contribution in [0.15, 0.2) is 0 Å². The fourth-order valence-electron chi connectivity index (χ4n) is 2.57. The van der Waals surface area contributed by atoms with Crippen LogP contribution in [0.25, 0.3) is 0 Å². The lowest BCUT2D eigenvalue weighted by molar-refractivity contribution is 0.0966. The molecule has 0 aromatic carbocycles. The summed E-state index contributed by atoms with van der Waals surface area (Å²) >= 11 is 0. The normalized spacial score (nSPS) is 22.0. The molecule has 1 aromatic heterocycles. The van der Waals surface area contributed by atoms with Gasteiger partial charge in [0, 0.05) is 20.1 Å². The largest absolute Gasteiger partial charge is 0.357 e. The Morgan fingerprint density at radius 2 is 2.28 bits per heavy atom. The van der Waals surface area contributed by atoms with E-state index in [1.54, 1.807) is 7.05 Å². The van der Waals surface area contributed by atoms with Crippen LogP contribution in [-0.2, 0) is 6.54 Å². The molecule has 1 saturated heterocycles. The smallest absolute Gasteiger partial charge is 0.257 e. The maximum Gasteiger partial charge on any atom is 0.257 e. The molecule has 0 bridgehead atoms. The van der Waals surface area contributed by atoms with Crippen molar-refractivity contribution in [1.82, 2.24) is 15.3 Å². The number of rotatable bonds is 2. The van der Waals surface area contributed by atoms with Crippen LogP contribution in [0.4, 0.5) is 11.8 Å². The third-order valence-corrected chi connectivity index (χ3v) is 3.56. The first-order valence-electron chi connectivity index (χ1n) is 6.31. The van der Waals surface area contributed by atoms with Crippen molar-refractivity contribution in [3.8, 4) is 0 Å². The van der Waals surface area contributed by atoms with Crippen molar-refractivity contribution in [3.63, 3.8) is 0 Å². The Labute approximate surface area is 106 Å². The van der Waals surface area contributed by atoms with Crippen molar-refractivity contribution < 1.29 is 4.79 Å². The van der Waals surface area contributed by atoms with E-state index in [0.29, 0.717) is 24.0 Å². The van der Waals surface area contributed by atoms with E-state index in [0.717, 1.165) is 31.0 Å². The second-order valence-corrected chi connectivity index (χ2v) is 4.97. The van der Waals surface area contributed by atoms with Crippen molar-refractivity contribution in [3.05, 3.63) is 11.3 Å². The van der Waals surface area contributed by atoms with Gasteiger partial charge in [0.25, 0.3) is 5.91 Å². The molecule has 2 N–H and O–H groups in total. The first kappa shape index (κ1) is 11.3. The van der Waals surface area contributed by atoms with E-state index in [2.05, 4.69) is 32.4 Å². The highest BCUT2D eigenvalue weighted by Gasteiger charge is 2.31. The topological polar surface area (TPSA) is 70.2 Å². The van der Waals surface area contributed by atoms with Gasteiger partial charge in [0.1, 0.15) is 11.4 Å². The molecule has 3 rings (SSSR count). The SMILES string of the molecule is CNc1nc2c(c(N3CCC(C)C3)n1)C(=O)NC2. The Bertz CT molecular complexity index is 501. The van der Waals surface area contributed by atoms with E-state index in [-0.39, 0.29) is 5.91 Å². The monoisotopic (exact) mass is 247 g/mol. The van der Waals surface area contributed by atoms with Crippen molar-refractivity contribution >= 4 is 17.7 Å². The highest BCUT2D eigenvalue weighted by Crippen LogP contribution is 2.29. The number of carbonyl (C=O) groups is 1. The van der Waals surface area contributed by atoms with Crippen LogP contribution < -0.4 is 15.5 Å². The highest BCUT2D eigenvalue weighted by molar-refractivity contribution is 6.02. The fraction of sp³-hybridized carbons (Fsp3) is 0.583. The average molecular weight is 247 g/mol. The Morgan fingerprint density at radius 3 is 2.94 bits per heavy atom. The number of anilines is 2. The van der Waals surface area contributed by atoms with Crippen LogP contribution in [0.2, 0.25) is 0 Å². The van der Waals surface area contributed by atoms with Crippen molar-refractivity contribution in [2.24, 2.45) is 5.92 Å². The lowest BCUT2D eigenvalue weighted by Crippen LogP contribution is -2.24. The first-order valence-corrected chi connectivity index (χ1v) is 6.31. The molecule has 0 radical (unpaired) electrons. The van der Waals surface area contributed by atoms with E-state index in [9.17, 15) is 4.79 Å². The van der Waals surface area contributed by atoms with Gasteiger partial charge in [0.15, 0.2) is 0 Å². The van der Waals surface area contributed by atoms with E-state index in [1.807, 2.05) is 0 Å². The zero-order valence-corrected chi connectivity index (χ0v) is 10.7. The van der Waals surface area contributed by atoms with E-state index >= 15 is 0 Å². The quantitative estimate of drug-likeness (QED) is 0.801. The third-order valence-electron chi connectivity index (χ3n) is 3.56. The molecule has 2 aliphatic rings. The fourth-order valence-corrected chi connectivity index (χ4v) is 2.57. The minimum atomic E-state index is -0.0535. The lowest BCUT2D eigenvalue weighted by atomic mass is 10.2. The Hall–Kier alpha value is -1.85. The maximum atomic E-state index is 11.9. The summed E-state index contributed by atoms with van der Waals surface area (Å²) in [6.07, 6.45) is 1.15. The summed E-state index contributed by atoms with van der Waals surface area (Å²) in [5.41, 5.74) is 1.46. The van der Waals surface area contributed by atoms with Gasteiger partial charge in [-0.2, -0.15) is 4.98 Å². The van der Waals surface area contributed by atoms with Gasteiger partial charge in [-0.1, -0.05) is 6.92 Å². The van der Waals surface area contributed by atoms with Crippen LogP contribution in [0.3, 0.4) is 0 Å². The average Bonchev–Trinajstić information content (AvgIpc) is 2.95. The van der Waals surface area contributed by atoms with Crippen molar-refractivity contribution in [1.29, 1.82) is 0 Å². The minimum absolute atomic E-state index is 0.0535. The molecule has 6 heteroatoms. The van der Waals surface area contributed by atoms with Gasteiger partial charge in [-0.3, -0.25) is 4.79 Å². The summed E-state index contributed by atoms with van der Waals surface area (Å²) in [6, 6.07) is 0. The molecule has 96 valence electrons. The number of carbonyl (C=O) groups excluding carboxylic acids is 1. The van der Waals surface area contributed by atoms with Gasteiger partial charge >= 0.3 is 0 Å². The Morgan fingerprint density at radius 1 is 1.44 bits per heavy atom. The molecule has 1 amide bonds. The summed E-state index contributed by atoms with van der Waals surface area (Å²) in [5, 5.41) is 5.77. The van der Waals surface area contributed by atoms with Gasteiger partial charge in [0.05, 0.1) is 12.2 Å². The van der Waals surface area contributed by atoms with Gasteiger partial charge in [-0.25, -0.2) is 4.98 Å². The number of nitrogens with zero attached hydrogens (tertiary/aromatic N) is 3. The number of amides is 1. The predicted molar refractivity (Wildman–Crippen MR) is 68.7 cm³/mol. The first-order chi connectivity index (χ1) is 8.69. The summed E-state index contributed by atoms with van der Waals surface area (Å²) in [7, 11) is 1.79. The van der Waals surface area contributed by atoms with E-state index < -0.39 is 0 Å². The molecule has 1 aromatic rings. The predicted octanol–water partition coefficient (Wildman–Crippen LogP) is 0.608. The zero-order chi connectivity index (χ0) is 12.7. The standard InChI is InChI=1S/C12H17N5O/c1-7-3-4-17(6-7)10-9-8(5-14-11(9)18)15-12(13-2)16-10/h7H,3-6H2,1-2H3,(H,14,18)(H,13,15,16). The number of nitrogens with one attached hydrogen (secondary N) is 2. The molecule has 6 nitrogen and oxygen atoms in total.